The lowest BCUT2D eigenvalue weighted by Gasteiger charge is -2.31. The lowest BCUT2D eigenvalue weighted by Crippen LogP contribution is -2.39. The summed E-state index contributed by atoms with van der Waals surface area (Å²) in [6.45, 7) is 5.40. The minimum atomic E-state index is -0.727. The highest BCUT2D eigenvalue weighted by Crippen LogP contribution is 2.38. The molecule has 0 amide bonds. The number of fused-ring (bicyclic) bond motifs is 3. The molecule has 1 saturated heterocycles. The van der Waals surface area contributed by atoms with Gasteiger partial charge in [0.25, 0.3) is 0 Å². The summed E-state index contributed by atoms with van der Waals surface area (Å²) < 4.78 is 1.000. The standard InChI is InChI=1S/C17H18N4O2S/c1-9-6-10(2)20-16-12(9)13-14(24-16)15(19-8-18-13)21-5-3-4-11(7-21)17(22)23/h6,8,11H,3-5,7H2,1-2H3,(H,22,23). The van der Waals surface area contributed by atoms with Crippen LogP contribution in [-0.2, 0) is 4.79 Å². The van der Waals surface area contributed by atoms with E-state index in [4.69, 9.17) is 0 Å². The zero-order valence-corrected chi connectivity index (χ0v) is 14.4. The molecule has 1 unspecified atom stereocenters. The molecule has 0 aromatic carbocycles. The van der Waals surface area contributed by atoms with Crippen molar-refractivity contribution in [3.05, 3.63) is 23.7 Å². The van der Waals surface area contributed by atoms with E-state index in [0.717, 1.165) is 56.9 Å². The SMILES string of the molecule is Cc1cc(C)c2c(n1)sc1c(N3CCCC(C(=O)O)C3)ncnc12. The molecule has 1 aliphatic rings. The van der Waals surface area contributed by atoms with Gasteiger partial charge in [-0.15, -0.1) is 11.3 Å². The van der Waals surface area contributed by atoms with Crippen molar-refractivity contribution in [3.63, 3.8) is 0 Å². The molecule has 0 spiro atoms. The van der Waals surface area contributed by atoms with E-state index in [1.165, 1.54) is 0 Å². The van der Waals surface area contributed by atoms with Crippen LogP contribution >= 0.6 is 11.3 Å². The van der Waals surface area contributed by atoms with E-state index in [1.807, 2.05) is 6.92 Å². The maximum Gasteiger partial charge on any atom is 0.308 e. The van der Waals surface area contributed by atoms with Crippen molar-refractivity contribution in [2.45, 2.75) is 26.7 Å². The Labute approximate surface area is 143 Å². The Morgan fingerprint density at radius 2 is 2.21 bits per heavy atom. The number of carboxylic acids is 1. The number of carboxylic acid groups (broad SMARTS) is 1. The molecular weight excluding hydrogens is 324 g/mol. The van der Waals surface area contributed by atoms with Gasteiger partial charge in [-0.05, 0) is 38.3 Å². The highest BCUT2D eigenvalue weighted by Gasteiger charge is 2.28. The summed E-state index contributed by atoms with van der Waals surface area (Å²) in [7, 11) is 0. The van der Waals surface area contributed by atoms with Crippen molar-refractivity contribution in [1.82, 2.24) is 15.0 Å². The maximum atomic E-state index is 11.4. The molecule has 0 bridgehead atoms. The second-order valence-corrected chi connectivity index (χ2v) is 7.36. The lowest BCUT2D eigenvalue weighted by atomic mass is 9.98. The number of carbonyl (C=O) groups is 1. The normalized spacial score (nSPS) is 18.4. The molecular formula is C17H18N4O2S. The van der Waals surface area contributed by atoms with Crippen LogP contribution in [0.5, 0.6) is 0 Å². The zero-order chi connectivity index (χ0) is 16.8. The van der Waals surface area contributed by atoms with E-state index in [0.29, 0.717) is 6.54 Å². The number of aromatic nitrogens is 3. The third-order valence-corrected chi connectivity index (χ3v) is 5.67. The van der Waals surface area contributed by atoms with Crippen LogP contribution in [0.2, 0.25) is 0 Å². The van der Waals surface area contributed by atoms with Crippen LogP contribution in [0.3, 0.4) is 0 Å². The topological polar surface area (TPSA) is 79.2 Å². The molecule has 7 heteroatoms. The number of thiophene rings is 1. The second kappa shape index (κ2) is 5.66. The Balaban J connectivity index is 1.87. The minimum Gasteiger partial charge on any atom is -0.481 e. The molecule has 1 fully saturated rings. The smallest absolute Gasteiger partial charge is 0.308 e. The van der Waals surface area contributed by atoms with Crippen molar-refractivity contribution in [2.24, 2.45) is 5.92 Å². The first-order chi connectivity index (χ1) is 11.5. The van der Waals surface area contributed by atoms with Gasteiger partial charge in [0.1, 0.15) is 17.0 Å². The van der Waals surface area contributed by atoms with Gasteiger partial charge in [-0.1, -0.05) is 0 Å². The number of hydrogen-bond acceptors (Lipinski definition) is 6. The first-order valence-corrected chi connectivity index (χ1v) is 8.85. The monoisotopic (exact) mass is 342 g/mol. The van der Waals surface area contributed by atoms with Crippen molar-refractivity contribution in [1.29, 1.82) is 0 Å². The molecule has 3 aromatic rings. The average molecular weight is 342 g/mol. The number of nitrogens with zero attached hydrogens (tertiary/aromatic N) is 4. The molecule has 24 heavy (non-hydrogen) atoms. The highest BCUT2D eigenvalue weighted by molar-refractivity contribution is 7.26. The van der Waals surface area contributed by atoms with Gasteiger partial charge in [-0.3, -0.25) is 4.79 Å². The fourth-order valence-electron chi connectivity index (χ4n) is 3.49. The van der Waals surface area contributed by atoms with Crippen LogP contribution in [0.4, 0.5) is 5.82 Å². The molecule has 0 aliphatic carbocycles. The third-order valence-electron chi connectivity index (χ3n) is 4.60. The van der Waals surface area contributed by atoms with E-state index < -0.39 is 5.97 Å². The van der Waals surface area contributed by atoms with Gasteiger partial charge in [-0.2, -0.15) is 0 Å². The Kier molecular flexibility index (Phi) is 3.60. The van der Waals surface area contributed by atoms with Gasteiger partial charge in [0.2, 0.25) is 0 Å². The quantitative estimate of drug-likeness (QED) is 0.771. The van der Waals surface area contributed by atoms with Gasteiger partial charge in [0.15, 0.2) is 0 Å². The van der Waals surface area contributed by atoms with Gasteiger partial charge in [-0.25, -0.2) is 15.0 Å². The van der Waals surface area contributed by atoms with Crippen LogP contribution in [0, 0.1) is 19.8 Å². The third kappa shape index (κ3) is 2.39. The predicted octanol–water partition coefficient (Wildman–Crippen LogP) is 3.16. The Morgan fingerprint density at radius 1 is 1.38 bits per heavy atom. The summed E-state index contributed by atoms with van der Waals surface area (Å²) in [6.07, 6.45) is 3.17. The molecule has 0 radical (unpaired) electrons. The van der Waals surface area contributed by atoms with Crippen LogP contribution in [0.25, 0.3) is 20.4 Å². The Bertz CT molecular complexity index is 953. The molecule has 0 saturated carbocycles. The molecule has 124 valence electrons. The van der Waals surface area contributed by atoms with Crippen LogP contribution in [0.15, 0.2) is 12.4 Å². The van der Waals surface area contributed by atoms with Crippen LogP contribution in [-0.4, -0.2) is 39.1 Å². The van der Waals surface area contributed by atoms with E-state index >= 15 is 0 Å². The number of aryl methyl sites for hydroxylation is 2. The average Bonchev–Trinajstić information content (AvgIpc) is 2.93. The number of piperidine rings is 1. The van der Waals surface area contributed by atoms with Gasteiger partial charge in [0.05, 0.1) is 16.1 Å². The molecule has 6 nitrogen and oxygen atoms in total. The lowest BCUT2D eigenvalue weighted by molar-refractivity contribution is -0.141. The van der Waals surface area contributed by atoms with Crippen molar-refractivity contribution >= 4 is 43.6 Å². The maximum absolute atomic E-state index is 11.4. The van der Waals surface area contributed by atoms with E-state index in [9.17, 15) is 9.90 Å². The van der Waals surface area contributed by atoms with Crippen molar-refractivity contribution in [2.75, 3.05) is 18.0 Å². The molecule has 1 N–H and O–H groups in total. The summed E-state index contributed by atoms with van der Waals surface area (Å²) in [5, 5.41) is 10.4. The van der Waals surface area contributed by atoms with E-state index in [2.05, 4.69) is 32.8 Å². The summed E-state index contributed by atoms with van der Waals surface area (Å²) in [6, 6.07) is 2.07. The van der Waals surface area contributed by atoms with E-state index in [1.54, 1.807) is 17.7 Å². The summed E-state index contributed by atoms with van der Waals surface area (Å²) in [5.74, 6) is -0.222. The number of pyridine rings is 1. The predicted molar refractivity (Wildman–Crippen MR) is 94.8 cm³/mol. The Morgan fingerprint density at radius 3 is 3.00 bits per heavy atom. The highest BCUT2D eigenvalue weighted by atomic mass is 32.1. The number of anilines is 1. The fourth-order valence-corrected chi connectivity index (χ4v) is 4.76. The van der Waals surface area contributed by atoms with Gasteiger partial charge >= 0.3 is 5.97 Å². The number of rotatable bonds is 2. The van der Waals surface area contributed by atoms with Crippen LogP contribution < -0.4 is 4.90 Å². The van der Waals surface area contributed by atoms with Crippen molar-refractivity contribution < 1.29 is 9.90 Å². The van der Waals surface area contributed by atoms with E-state index in [-0.39, 0.29) is 5.92 Å². The second-order valence-electron chi connectivity index (χ2n) is 6.36. The molecule has 4 rings (SSSR count). The molecule has 4 heterocycles. The zero-order valence-electron chi connectivity index (χ0n) is 13.6. The van der Waals surface area contributed by atoms with Crippen LogP contribution in [0.1, 0.15) is 24.1 Å². The summed E-state index contributed by atoms with van der Waals surface area (Å²) >= 11 is 1.59. The summed E-state index contributed by atoms with van der Waals surface area (Å²) in [5.41, 5.74) is 3.07. The molecule has 3 aromatic heterocycles. The largest absolute Gasteiger partial charge is 0.481 e. The van der Waals surface area contributed by atoms with Gasteiger partial charge in [0, 0.05) is 24.2 Å². The minimum absolute atomic E-state index is 0.333. The molecule has 1 aliphatic heterocycles. The summed E-state index contributed by atoms with van der Waals surface area (Å²) in [4.78, 5) is 28.0. The number of hydrogen-bond donors (Lipinski definition) is 1. The van der Waals surface area contributed by atoms with Gasteiger partial charge < -0.3 is 10.0 Å². The van der Waals surface area contributed by atoms with Crippen molar-refractivity contribution in [3.8, 4) is 0 Å². The molecule has 1 atom stereocenters. The number of aliphatic carboxylic acids is 1. The first kappa shape index (κ1) is 15.3. The Hall–Kier alpha value is -2.28. The first-order valence-electron chi connectivity index (χ1n) is 8.04. The fraction of sp³-hybridized carbons (Fsp3) is 0.412.